The molecule has 0 amide bonds. The minimum Gasteiger partial charge on any atom is -0.396 e. The molecule has 0 spiro atoms. The zero-order valence-corrected chi connectivity index (χ0v) is 23.4. The Morgan fingerprint density at radius 3 is 2.06 bits per heavy atom. The normalized spacial score (nSPS) is 56.1. The lowest BCUT2D eigenvalue weighted by atomic mass is 9.32. The standard InChI is InChI=1S/C31H54O4/c1-26(2,17-32)20-9-14-31(19-34)16-15-29(5)21(25(20)31)7-8-23-27(3)12-11-24(35)28(4,18-33)22(27)10-13-30(23,29)6/h20-25,32-35H,7-19H2,1-6H3. The monoisotopic (exact) mass is 490 g/mol. The van der Waals surface area contributed by atoms with E-state index in [1.165, 1.54) is 25.7 Å². The molecule has 0 aromatic rings. The van der Waals surface area contributed by atoms with Crippen molar-refractivity contribution in [2.45, 2.75) is 112 Å². The largest absolute Gasteiger partial charge is 0.396 e. The van der Waals surface area contributed by atoms with Crippen LogP contribution >= 0.6 is 0 Å². The minimum atomic E-state index is -0.401. The average molecular weight is 491 g/mol. The molecule has 11 unspecified atom stereocenters. The van der Waals surface area contributed by atoms with Crippen LogP contribution in [0.3, 0.4) is 0 Å². The van der Waals surface area contributed by atoms with Gasteiger partial charge in [0.05, 0.1) is 12.7 Å². The maximum atomic E-state index is 11.0. The summed E-state index contributed by atoms with van der Waals surface area (Å²) < 4.78 is 0. The van der Waals surface area contributed by atoms with Crippen molar-refractivity contribution in [2.24, 2.45) is 62.1 Å². The fraction of sp³-hybridized carbons (Fsp3) is 1.00. The first-order valence-electron chi connectivity index (χ1n) is 14.8. The molecule has 5 fully saturated rings. The molecule has 35 heavy (non-hydrogen) atoms. The third-order valence-electron chi connectivity index (χ3n) is 14.5. The minimum absolute atomic E-state index is 0.0377. The van der Waals surface area contributed by atoms with E-state index in [-0.39, 0.29) is 40.3 Å². The SMILES string of the molecule is CC(C)(CO)C1CCC2(CO)CCC3(C)C(CCC4C5(C)CCC(O)C(C)(CO)C5CCC43C)C12. The molecule has 5 aliphatic rings. The number of hydrogen-bond donors (Lipinski definition) is 4. The van der Waals surface area contributed by atoms with Gasteiger partial charge in [0, 0.05) is 18.6 Å². The molecule has 0 heterocycles. The highest BCUT2D eigenvalue weighted by Gasteiger charge is 2.71. The van der Waals surface area contributed by atoms with Gasteiger partial charge in [0.1, 0.15) is 0 Å². The number of rotatable bonds is 4. The second-order valence-electron chi connectivity index (χ2n) is 15.7. The lowest BCUT2D eigenvalue weighted by Gasteiger charge is -2.73. The number of aliphatic hydroxyl groups is 4. The first-order chi connectivity index (χ1) is 16.3. The van der Waals surface area contributed by atoms with Crippen molar-refractivity contribution in [1.29, 1.82) is 0 Å². The summed E-state index contributed by atoms with van der Waals surface area (Å²) in [5.41, 5.74) is 0.152. The Bertz CT molecular complexity index is 827. The molecule has 4 heteroatoms. The predicted octanol–water partition coefficient (Wildman–Crippen LogP) is 5.41. The fourth-order valence-electron chi connectivity index (χ4n) is 12.0. The Morgan fingerprint density at radius 2 is 1.43 bits per heavy atom. The van der Waals surface area contributed by atoms with Gasteiger partial charge < -0.3 is 20.4 Å². The summed E-state index contributed by atoms with van der Waals surface area (Å²) in [7, 11) is 0. The van der Waals surface area contributed by atoms with Crippen molar-refractivity contribution < 1.29 is 20.4 Å². The fourth-order valence-corrected chi connectivity index (χ4v) is 12.0. The molecule has 5 aliphatic carbocycles. The second-order valence-corrected chi connectivity index (χ2v) is 15.7. The van der Waals surface area contributed by atoms with E-state index in [1.54, 1.807) is 0 Å². The van der Waals surface area contributed by atoms with Crippen LogP contribution in [-0.4, -0.2) is 46.4 Å². The summed E-state index contributed by atoms with van der Waals surface area (Å²) in [6.07, 6.45) is 10.8. The van der Waals surface area contributed by atoms with E-state index >= 15 is 0 Å². The lowest BCUT2D eigenvalue weighted by Crippen LogP contribution is -2.67. The molecule has 0 saturated heterocycles. The first-order valence-corrected chi connectivity index (χ1v) is 14.8. The highest BCUT2D eigenvalue weighted by Crippen LogP contribution is 2.77. The molecule has 0 aromatic carbocycles. The highest BCUT2D eigenvalue weighted by molar-refractivity contribution is 5.20. The van der Waals surface area contributed by atoms with Crippen LogP contribution in [0.25, 0.3) is 0 Å². The zero-order valence-electron chi connectivity index (χ0n) is 23.4. The molecular formula is C31H54O4. The van der Waals surface area contributed by atoms with Crippen molar-refractivity contribution in [3.63, 3.8) is 0 Å². The zero-order chi connectivity index (χ0) is 25.7. The van der Waals surface area contributed by atoms with Gasteiger partial charge in [-0.05, 0) is 121 Å². The van der Waals surface area contributed by atoms with Crippen LogP contribution in [0.4, 0.5) is 0 Å². The van der Waals surface area contributed by atoms with Crippen LogP contribution in [0.15, 0.2) is 0 Å². The van der Waals surface area contributed by atoms with Crippen LogP contribution in [0, 0.1) is 62.1 Å². The van der Waals surface area contributed by atoms with Gasteiger partial charge in [-0.2, -0.15) is 0 Å². The molecule has 0 aliphatic heterocycles. The van der Waals surface area contributed by atoms with Gasteiger partial charge in [0.2, 0.25) is 0 Å². The average Bonchev–Trinajstić information content (AvgIpc) is 3.23. The second kappa shape index (κ2) is 8.17. The van der Waals surface area contributed by atoms with Gasteiger partial charge in [-0.25, -0.2) is 0 Å². The van der Waals surface area contributed by atoms with E-state index in [0.717, 1.165) is 38.5 Å². The van der Waals surface area contributed by atoms with Crippen LogP contribution < -0.4 is 0 Å². The number of fused-ring (bicyclic) bond motifs is 7. The van der Waals surface area contributed by atoms with Gasteiger partial charge >= 0.3 is 0 Å². The van der Waals surface area contributed by atoms with E-state index in [1.807, 2.05) is 0 Å². The van der Waals surface area contributed by atoms with E-state index in [2.05, 4.69) is 41.5 Å². The van der Waals surface area contributed by atoms with Crippen molar-refractivity contribution in [3.05, 3.63) is 0 Å². The number of aliphatic hydroxyl groups excluding tert-OH is 4. The van der Waals surface area contributed by atoms with Gasteiger partial charge in [-0.1, -0.05) is 41.5 Å². The van der Waals surface area contributed by atoms with E-state index < -0.39 is 11.5 Å². The summed E-state index contributed by atoms with van der Waals surface area (Å²) in [4.78, 5) is 0. The Morgan fingerprint density at radius 1 is 0.714 bits per heavy atom. The molecule has 0 bridgehead atoms. The third-order valence-corrected chi connectivity index (χ3v) is 14.5. The Kier molecular flexibility index (Phi) is 6.17. The van der Waals surface area contributed by atoms with Gasteiger partial charge in [0.15, 0.2) is 0 Å². The van der Waals surface area contributed by atoms with Crippen LogP contribution in [0.5, 0.6) is 0 Å². The van der Waals surface area contributed by atoms with Gasteiger partial charge in [-0.15, -0.1) is 0 Å². The van der Waals surface area contributed by atoms with E-state index in [9.17, 15) is 20.4 Å². The molecule has 4 nitrogen and oxygen atoms in total. The van der Waals surface area contributed by atoms with Gasteiger partial charge in [0.25, 0.3) is 0 Å². The van der Waals surface area contributed by atoms with E-state index in [0.29, 0.717) is 36.2 Å². The van der Waals surface area contributed by atoms with Crippen molar-refractivity contribution in [3.8, 4) is 0 Å². The Balaban J connectivity index is 1.55. The topological polar surface area (TPSA) is 80.9 Å². The summed E-state index contributed by atoms with van der Waals surface area (Å²) in [6.45, 7) is 15.0. The smallest absolute Gasteiger partial charge is 0.0618 e. The molecule has 0 radical (unpaired) electrons. The molecule has 202 valence electrons. The predicted molar refractivity (Wildman–Crippen MR) is 140 cm³/mol. The third kappa shape index (κ3) is 3.18. The summed E-state index contributed by atoms with van der Waals surface area (Å²) in [6, 6.07) is 0. The molecule has 4 N–H and O–H groups in total. The maximum Gasteiger partial charge on any atom is 0.0618 e. The summed E-state index contributed by atoms with van der Waals surface area (Å²) >= 11 is 0. The van der Waals surface area contributed by atoms with Crippen molar-refractivity contribution in [1.82, 2.24) is 0 Å². The van der Waals surface area contributed by atoms with Gasteiger partial charge in [-0.3, -0.25) is 0 Å². The number of hydrogen-bond acceptors (Lipinski definition) is 4. The molecule has 11 atom stereocenters. The molecular weight excluding hydrogens is 436 g/mol. The lowest BCUT2D eigenvalue weighted by molar-refractivity contribution is -0.258. The molecule has 5 rings (SSSR count). The Hall–Kier alpha value is -0.160. The van der Waals surface area contributed by atoms with Crippen molar-refractivity contribution in [2.75, 3.05) is 19.8 Å². The first kappa shape index (κ1) is 26.4. The Labute approximate surface area is 214 Å². The summed E-state index contributed by atoms with van der Waals surface area (Å²) in [5.74, 6) is 2.54. The maximum absolute atomic E-state index is 11.0. The summed E-state index contributed by atoms with van der Waals surface area (Å²) in [5, 5.41) is 42.5. The van der Waals surface area contributed by atoms with E-state index in [4.69, 9.17) is 0 Å². The van der Waals surface area contributed by atoms with Crippen LogP contribution in [0.2, 0.25) is 0 Å². The highest BCUT2D eigenvalue weighted by atomic mass is 16.3. The quantitative estimate of drug-likeness (QED) is 0.425. The van der Waals surface area contributed by atoms with Crippen molar-refractivity contribution >= 4 is 0 Å². The van der Waals surface area contributed by atoms with Crippen LogP contribution in [-0.2, 0) is 0 Å². The molecule has 5 saturated carbocycles. The molecule has 0 aromatic heterocycles. The van der Waals surface area contributed by atoms with Crippen LogP contribution in [0.1, 0.15) is 106 Å².